The van der Waals surface area contributed by atoms with Gasteiger partial charge in [-0.3, -0.25) is 0 Å². The van der Waals surface area contributed by atoms with Crippen LogP contribution in [0.5, 0.6) is 0 Å². The molecule has 3 N–H and O–H groups in total. The Labute approximate surface area is 78.1 Å². The van der Waals surface area contributed by atoms with Crippen molar-refractivity contribution in [3.63, 3.8) is 0 Å². The fourth-order valence-electron chi connectivity index (χ4n) is 0.714. The van der Waals surface area contributed by atoms with Crippen LogP contribution in [0.25, 0.3) is 0 Å². The van der Waals surface area contributed by atoms with Gasteiger partial charge in [-0.1, -0.05) is 5.16 Å². The number of sulfonamides is 1. The molecule has 1 unspecified atom stereocenters. The van der Waals surface area contributed by atoms with Gasteiger partial charge in [0, 0.05) is 7.05 Å². The Morgan fingerprint density at radius 1 is 1.69 bits per heavy atom. The maximum Gasteiger partial charge on any atom is 0.214 e. The molecule has 6 nitrogen and oxygen atoms in total. The molecule has 7 heteroatoms. The first kappa shape index (κ1) is 12.2. The largest absolute Gasteiger partial charge is 0.409 e. The van der Waals surface area contributed by atoms with Gasteiger partial charge in [0.2, 0.25) is 10.0 Å². The van der Waals surface area contributed by atoms with Crippen LogP contribution in [-0.4, -0.2) is 42.6 Å². The van der Waals surface area contributed by atoms with Crippen molar-refractivity contribution in [3.05, 3.63) is 0 Å². The van der Waals surface area contributed by atoms with E-state index in [0.717, 1.165) is 4.31 Å². The van der Waals surface area contributed by atoms with Crippen molar-refractivity contribution in [2.45, 2.75) is 19.9 Å². The second-order valence-corrected chi connectivity index (χ2v) is 4.93. The van der Waals surface area contributed by atoms with Gasteiger partial charge in [-0.15, -0.1) is 0 Å². The van der Waals surface area contributed by atoms with Crippen LogP contribution in [0, 0.1) is 0 Å². The Balaban J connectivity index is 4.72. The van der Waals surface area contributed by atoms with E-state index in [1.54, 1.807) is 6.92 Å². The van der Waals surface area contributed by atoms with Crippen LogP contribution >= 0.6 is 0 Å². The first-order valence-corrected chi connectivity index (χ1v) is 5.40. The predicted octanol–water partition coefficient (Wildman–Crippen LogP) is -0.597. The van der Waals surface area contributed by atoms with Crippen molar-refractivity contribution in [2.24, 2.45) is 10.9 Å². The van der Waals surface area contributed by atoms with Crippen LogP contribution in [-0.2, 0) is 10.0 Å². The summed E-state index contributed by atoms with van der Waals surface area (Å²) in [5.74, 6) is -0.133. The lowest BCUT2D eigenvalue weighted by atomic mass is 10.3. The van der Waals surface area contributed by atoms with Crippen molar-refractivity contribution in [3.8, 4) is 0 Å². The lowest BCUT2D eigenvalue weighted by Crippen LogP contribution is -2.44. The molecule has 0 saturated carbocycles. The van der Waals surface area contributed by atoms with E-state index >= 15 is 0 Å². The molecule has 0 aromatic rings. The maximum absolute atomic E-state index is 11.3. The molecule has 0 aliphatic heterocycles. The first-order valence-electron chi connectivity index (χ1n) is 3.80. The summed E-state index contributed by atoms with van der Waals surface area (Å²) in [5.41, 5.74) is 5.26. The molecule has 13 heavy (non-hydrogen) atoms. The summed E-state index contributed by atoms with van der Waals surface area (Å²) in [7, 11) is -1.90. The first-order chi connectivity index (χ1) is 5.86. The fourth-order valence-corrected chi connectivity index (χ4v) is 1.71. The van der Waals surface area contributed by atoms with Crippen molar-refractivity contribution in [2.75, 3.05) is 12.8 Å². The van der Waals surface area contributed by atoms with Gasteiger partial charge in [-0.2, -0.15) is 4.31 Å². The van der Waals surface area contributed by atoms with E-state index in [9.17, 15) is 8.42 Å². The molecule has 0 aromatic heterocycles. The summed E-state index contributed by atoms with van der Waals surface area (Å²) in [5, 5.41) is 11.1. The van der Waals surface area contributed by atoms with E-state index in [1.807, 2.05) is 0 Å². The second kappa shape index (κ2) is 4.43. The van der Waals surface area contributed by atoms with Gasteiger partial charge in [-0.05, 0) is 13.8 Å². The lowest BCUT2D eigenvalue weighted by molar-refractivity contribution is 0.311. The maximum atomic E-state index is 11.3. The Morgan fingerprint density at radius 3 is 2.46 bits per heavy atom. The quantitative estimate of drug-likeness (QED) is 0.280. The molecule has 0 amide bonds. The lowest BCUT2D eigenvalue weighted by Gasteiger charge is -2.22. The van der Waals surface area contributed by atoms with Gasteiger partial charge >= 0.3 is 0 Å². The minimum atomic E-state index is -3.29. The molecular formula is C6H15N3O3S. The zero-order chi connectivity index (χ0) is 10.6. The highest BCUT2D eigenvalue weighted by Gasteiger charge is 2.23. The zero-order valence-electron chi connectivity index (χ0n) is 7.93. The number of likely N-dealkylation sites (N-methyl/N-ethyl adjacent to an activating group) is 1. The van der Waals surface area contributed by atoms with Gasteiger partial charge in [-0.25, -0.2) is 8.42 Å². The third-order valence-electron chi connectivity index (χ3n) is 1.89. The highest BCUT2D eigenvalue weighted by Crippen LogP contribution is 2.04. The fraction of sp³-hybridized carbons (Fsp3) is 0.833. The minimum Gasteiger partial charge on any atom is -0.409 e. The molecule has 0 bridgehead atoms. The van der Waals surface area contributed by atoms with Gasteiger partial charge < -0.3 is 10.9 Å². The van der Waals surface area contributed by atoms with E-state index in [0.29, 0.717) is 0 Å². The number of hydrogen-bond acceptors (Lipinski definition) is 4. The molecule has 0 rings (SSSR count). The van der Waals surface area contributed by atoms with Crippen LogP contribution in [0.15, 0.2) is 5.16 Å². The summed E-state index contributed by atoms with van der Waals surface area (Å²) in [6.45, 7) is 3.08. The molecule has 1 atom stereocenters. The van der Waals surface area contributed by atoms with E-state index in [2.05, 4.69) is 5.16 Å². The smallest absolute Gasteiger partial charge is 0.214 e. The molecular weight excluding hydrogens is 194 g/mol. The Morgan fingerprint density at radius 2 is 2.15 bits per heavy atom. The summed E-state index contributed by atoms with van der Waals surface area (Å²) < 4.78 is 23.7. The average molecular weight is 209 g/mol. The molecule has 0 aliphatic carbocycles. The summed E-state index contributed by atoms with van der Waals surface area (Å²) >= 11 is 0. The van der Waals surface area contributed by atoms with Crippen LogP contribution < -0.4 is 5.73 Å². The van der Waals surface area contributed by atoms with Gasteiger partial charge in [0.05, 0.1) is 11.8 Å². The molecule has 0 radical (unpaired) electrons. The Hall–Kier alpha value is -0.820. The summed E-state index contributed by atoms with van der Waals surface area (Å²) in [4.78, 5) is 0. The topological polar surface area (TPSA) is 96.0 Å². The Kier molecular flexibility index (Phi) is 4.15. The van der Waals surface area contributed by atoms with E-state index < -0.39 is 16.1 Å². The van der Waals surface area contributed by atoms with E-state index in [1.165, 1.54) is 14.0 Å². The molecule has 0 aliphatic rings. The third-order valence-corrected chi connectivity index (χ3v) is 3.82. The highest BCUT2D eigenvalue weighted by atomic mass is 32.2. The zero-order valence-corrected chi connectivity index (χ0v) is 8.74. The van der Waals surface area contributed by atoms with Crippen LogP contribution in [0.2, 0.25) is 0 Å². The van der Waals surface area contributed by atoms with Gasteiger partial charge in [0.25, 0.3) is 0 Å². The van der Waals surface area contributed by atoms with Crippen molar-refractivity contribution < 1.29 is 13.6 Å². The highest BCUT2D eigenvalue weighted by molar-refractivity contribution is 7.89. The second-order valence-electron chi connectivity index (χ2n) is 2.62. The van der Waals surface area contributed by atoms with Crippen LogP contribution in [0.3, 0.4) is 0 Å². The number of rotatable bonds is 4. The number of hydrogen-bond donors (Lipinski definition) is 2. The standard InChI is InChI=1S/C6H15N3O3S/c1-4-13(11,12)9(3)5(2)6(7)8-10/h5,10H,4H2,1-3H3,(H2,7,8). The molecule has 0 spiro atoms. The number of oxime groups is 1. The summed E-state index contributed by atoms with van der Waals surface area (Å²) in [6.07, 6.45) is 0. The minimum absolute atomic E-state index is 0.00739. The number of nitrogens with zero attached hydrogens (tertiary/aromatic N) is 2. The molecule has 0 fully saturated rings. The van der Waals surface area contributed by atoms with E-state index in [4.69, 9.17) is 10.9 Å². The van der Waals surface area contributed by atoms with E-state index in [-0.39, 0.29) is 11.6 Å². The van der Waals surface area contributed by atoms with Crippen molar-refractivity contribution in [1.82, 2.24) is 4.31 Å². The van der Waals surface area contributed by atoms with Crippen molar-refractivity contribution >= 4 is 15.9 Å². The molecule has 78 valence electrons. The average Bonchev–Trinajstić information content (AvgIpc) is 2.14. The monoisotopic (exact) mass is 209 g/mol. The third kappa shape index (κ3) is 2.85. The number of nitrogens with two attached hydrogens (primary N) is 1. The molecule has 0 aromatic carbocycles. The van der Waals surface area contributed by atoms with Crippen LogP contribution in [0.1, 0.15) is 13.8 Å². The van der Waals surface area contributed by atoms with Gasteiger partial charge in [0.1, 0.15) is 0 Å². The molecule has 0 saturated heterocycles. The Bertz CT molecular complexity index is 285. The SMILES string of the molecule is CCS(=O)(=O)N(C)C(C)C(N)=NO. The normalized spacial score (nSPS) is 16.2. The summed E-state index contributed by atoms with van der Waals surface area (Å²) in [6, 6.07) is -0.630. The molecule has 0 heterocycles. The number of amidine groups is 1. The van der Waals surface area contributed by atoms with Gasteiger partial charge in [0.15, 0.2) is 5.84 Å². The van der Waals surface area contributed by atoms with Crippen LogP contribution in [0.4, 0.5) is 0 Å². The van der Waals surface area contributed by atoms with Crippen molar-refractivity contribution in [1.29, 1.82) is 0 Å². The predicted molar refractivity (Wildman–Crippen MR) is 50.1 cm³/mol.